The van der Waals surface area contributed by atoms with E-state index in [1.807, 2.05) is 13.1 Å². The van der Waals surface area contributed by atoms with Crippen molar-refractivity contribution < 1.29 is 4.79 Å². The van der Waals surface area contributed by atoms with Crippen LogP contribution in [0, 0.1) is 0 Å². The Hall–Kier alpha value is -1.41. The molecule has 0 atom stereocenters. The Labute approximate surface area is 104 Å². The number of hydrogen-bond donors (Lipinski definition) is 1. The van der Waals surface area contributed by atoms with Crippen LogP contribution in [0.25, 0.3) is 0 Å². The fourth-order valence-electron chi connectivity index (χ4n) is 2.40. The van der Waals surface area contributed by atoms with E-state index in [2.05, 4.69) is 42.7 Å². The highest BCUT2D eigenvalue weighted by atomic mass is 16.1. The molecule has 0 saturated heterocycles. The highest BCUT2D eigenvalue weighted by Gasteiger charge is 2.34. The molecule has 2 heteroatoms. The summed E-state index contributed by atoms with van der Waals surface area (Å²) in [4.78, 5) is 11.3. The molecule has 0 spiro atoms. The highest BCUT2D eigenvalue weighted by molar-refractivity contribution is 5.79. The first-order chi connectivity index (χ1) is 8.27. The molecule has 1 fully saturated rings. The van der Waals surface area contributed by atoms with E-state index in [1.54, 1.807) is 0 Å². The summed E-state index contributed by atoms with van der Waals surface area (Å²) in [5.74, 6) is 0.400. The topological polar surface area (TPSA) is 29.1 Å². The van der Waals surface area contributed by atoms with Crippen LogP contribution in [0.3, 0.4) is 0 Å². The van der Waals surface area contributed by atoms with E-state index < -0.39 is 0 Å². The predicted octanol–water partition coefficient (Wildman–Crippen LogP) is 3.05. The van der Waals surface area contributed by atoms with Crippen LogP contribution in [0.15, 0.2) is 43.5 Å². The van der Waals surface area contributed by atoms with Crippen molar-refractivity contribution in [2.75, 3.05) is 7.05 Å². The van der Waals surface area contributed by atoms with Crippen LogP contribution in [0.4, 0.5) is 0 Å². The lowest BCUT2D eigenvalue weighted by atomic mass is 9.76. The van der Waals surface area contributed by atoms with E-state index in [9.17, 15) is 4.79 Å². The van der Waals surface area contributed by atoms with Gasteiger partial charge in [0, 0.05) is 18.4 Å². The summed E-state index contributed by atoms with van der Waals surface area (Å²) in [7, 11) is 1.99. The summed E-state index contributed by atoms with van der Waals surface area (Å²) in [6.45, 7) is 6.00. The van der Waals surface area contributed by atoms with Crippen molar-refractivity contribution in [2.45, 2.75) is 31.2 Å². The van der Waals surface area contributed by atoms with Crippen molar-refractivity contribution in [1.29, 1.82) is 0 Å². The number of ketones is 1. The molecule has 1 aliphatic carbocycles. The third-order valence-electron chi connectivity index (χ3n) is 3.47. The SMILES string of the molecule is C=C.CNC1(c2ccccc2)CCC(=O)CC1. The fraction of sp³-hybridized carbons (Fsp3) is 0.400. The quantitative estimate of drug-likeness (QED) is 0.793. The molecule has 1 saturated carbocycles. The highest BCUT2D eigenvalue weighted by Crippen LogP contribution is 2.35. The van der Waals surface area contributed by atoms with Gasteiger partial charge in [0.25, 0.3) is 0 Å². The van der Waals surface area contributed by atoms with E-state index in [1.165, 1.54) is 5.56 Å². The molecule has 2 nitrogen and oxygen atoms in total. The zero-order valence-corrected chi connectivity index (χ0v) is 10.5. The summed E-state index contributed by atoms with van der Waals surface area (Å²) in [5.41, 5.74) is 1.33. The third-order valence-corrected chi connectivity index (χ3v) is 3.47. The van der Waals surface area contributed by atoms with Gasteiger partial charge in [0.15, 0.2) is 0 Å². The van der Waals surface area contributed by atoms with E-state index >= 15 is 0 Å². The maximum Gasteiger partial charge on any atom is 0.133 e. The van der Waals surface area contributed by atoms with Crippen LogP contribution in [0.5, 0.6) is 0 Å². The lowest BCUT2D eigenvalue weighted by molar-refractivity contribution is -0.121. The molecule has 0 heterocycles. The van der Waals surface area contributed by atoms with Crippen molar-refractivity contribution in [1.82, 2.24) is 5.32 Å². The molecule has 0 radical (unpaired) electrons. The van der Waals surface area contributed by atoms with Crippen LogP contribution in [0.2, 0.25) is 0 Å². The molecule has 1 N–H and O–H groups in total. The van der Waals surface area contributed by atoms with Crippen LogP contribution in [-0.4, -0.2) is 12.8 Å². The Morgan fingerprint density at radius 1 is 1.12 bits per heavy atom. The molecular formula is C15H21NO. The molecule has 1 aromatic rings. The second-order valence-electron chi connectivity index (χ2n) is 4.24. The van der Waals surface area contributed by atoms with Gasteiger partial charge >= 0.3 is 0 Å². The van der Waals surface area contributed by atoms with Crippen LogP contribution < -0.4 is 5.32 Å². The molecule has 1 aromatic carbocycles. The van der Waals surface area contributed by atoms with E-state index in [0.717, 1.165) is 12.8 Å². The molecule has 0 amide bonds. The van der Waals surface area contributed by atoms with Gasteiger partial charge in [-0.25, -0.2) is 0 Å². The molecule has 0 aliphatic heterocycles. The van der Waals surface area contributed by atoms with Gasteiger partial charge in [-0.2, -0.15) is 0 Å². The molecule has 2 rings (SSSR count). The summed E-state index contributed by atoms with van der Waals surface area (Å²) in [6.07, 6.45) is 3.25. The van der Waals surface area contributed by atoms with Crippen LogP contribution in [-0.2, 0) is 10.3 Å². The number of hydrogen-bond acceptors (Lipinski definition) is 2. The van der Waals surface area contributed by atoms with Crippen LogP contribution >= 0.6 is 0 Å². The molecular weight excluding hydrogens is 210 g/mol. The zero-order valence-electron chi connectivity index (χ0n) is 10.5. The van der Waals surface area contributed by atoms with Crippen molar-refractivity contribution >= 4 is 5.78 Å². The first kappa shape index (κ1) is 13.7. The van der Waals surface area contributed by atoms with Gasteiger partial charge < -0.3 is 5.32 Å². The average Bonchev–Trinajstić information content (AvgIpc) is 2.43. The van der Waals surface area contributed by atoms with Crippen molar-refractivity contribution in [2.24, 2.45) is 0 Å². The van der Waals surface area contributed by atoms with Gasteiger partial charge in [0.2, 0.25) is 0 Å². The largest absolute Gasteiger partial charge is 0.310 e. The monoisotopic (exact) mass is 231 g/mol. The van der Waals surface area contributed by atoms with Gasteiger partial charge in [0.05, 0.1) is 0 Å². The number of Topliss-reactive ketones (excluding diaryl/α,β-unsaturated/α-hetero) is 1. The second kappa shape index (κ2) is 6.36. The zero-order chi connectivity index (χ0) is 12.7. The molecule has 0 aromatic heterocycles. The first-order valence-electron chi connectivity index (χ1n) is 6.03. The van der Waals surface area contributed by atoms with Gasteiger partial charge in [-0.15, -0.1) is 13.2 Å². The second-order valence-corrected chi connectivity index (χ2v) is 4.24. The maximum absolute atomic E-state index is 11.3. The lowest BCUT2D eigenvalue weighted by Gasteiger charge is -2.37. The number of benzene rings is 1. The van der Waals surface area contributed by atoms with E-state index in [0.29, 0.717) is 18.6 Å². The standard InChI is InChI=1S/C13H17NO.C2H4/c1-14-13(9-7-12(15)8-10-13)11-5-3-2-4-6-11;1-2/h2-6,14H,7-10H2,1H3;1-2H2. The molecule has 0 unspecified atom stereocenters. The Balaban J connectivity index is 0.000000686. The van der Waals surface area contributed by atoms with E-state index in [4.69, 9.17) is 0 Å². The summed E-state index contributed by atoms with van der Waals surface area (Å²) < 4.78 is 0. The van der Waals surface area contributed by atoms with Crippen molar-refractivity contribution in [3.05, 3.63) is 49.1 Å². The van der Waals surface area contributed by atoms with Gasteiger partial charge in [0.1, 0.15) is 5.78 Å². The van der Waals surface area contributed by atoms with Crippen LogP contribution in [0.1, 0.15) is 31.2 Å². The summed E-state index contributed by atoms with van der Waals surface area (Å²) >= 11 is 0. The minimum atomic E-state index is 0.0230. The smallest absolute Gasteiger partial charge is 0.133 e. The molecule has 17 heavy (non-hydrogen) atoms. The summed E-state index contributed by atoms with van der Waals surface area (Å²) in [5, 5.41) is 3.40. The van der Waals surface area contributed by atoms with Gasteiger partial charge in [-0.1, -0.05) is 30.3 Å². The predicted molar refractivity (Wildman–Crippen MR) is 71.9 cm³/mol. The summed E-state index contributed by atoms with van der Waals surface area (Å²) in [6, 6.07) is 10.4. The van der Waals surface area contributed by atoms with E-state index in [-0.39, 0.29) is 5.54 Å². The Morgan fingerprint density at radius 2 is 1.65 bits per heavy atom. The minimum Gasteiger partial charge on any atom is -0.310 e. The molecule has 0 bridgehead atoms. The minimum absolute atomic E-state index is 0.0230. The first-order valence-corrected chi connectivity index (χ1v) is 6.03. The number of rotatable bonds is 2. The number of nitrogens with one attached hydrogen (secondary N) is 1. The van der Waals surface area contributed by atoms with Crippen molar-refractivity contribution in [3.8, 4) is 0 Å². The molecule has 92 valence electrons. The third kappa shape index (κ3) is 3.04. The maximum atomic E-state index is 11.3. The molecule has 1 aliphatic rings. The Bertz CT molecular complexity index is 348. The number of carbonyl (C=O) groups excluding carboxylic acids is 1. The van der Waals surface area contributed by atoms with Gasteiger partial charge in [-0.3, -0.25) is 4.79 Å². The average molecular weight is 231 g/mol. The normalized spacial score (nSPS) is 18.1. The number of carbonyl (C=O) groups is 1. The Morgan fingerprint density at radius 3 is 2.12 bits per heavy atom. The Kier molecular flexibility index (Phi) is 5.11. The fourth-order valence-corrected chi connectivity index (χ4v) is 2.40. The van der Waals surface area contributed by atoms with Crippen molar-refractivity contribution in [3.63, 3.8) is 0 Å². The lowest BCUT2D eigenvalue weighted by Crippen LogP contribution is -2.43. The van der Waals surface area contributed by atoms with Gasteiger partial charge in [-0.05, 0) is 25.5 Å².